The average Bonchev–Trinajstić information content (AvgIpc) is 0.759. The summed E-state index contributed by atoms with van der Waals surface area (Å²) >= 11 is 0. The van der Waals surface area contributed by atoms with Crippen LogP contribution in [0.2, 0.25) is 0 Å². The molecule has 16 amide bonds. The van der Waals surface area contributed by atoms with Crippen molar-refractivity contribution in [3.05, 3.63) is 396 Å². The van der Waals surface area contributed by atoms with E-state index in [9.17, 15) is 57.5 Å². The number of benzene rings is 12. The van der Waals surface area contributed by atoms with Crippen LogP contribution in [0, 0.1) is 31.6 Å². The molecule has 0 aromatic heterocycles. The van der Waals surface area contributed by atoms with E-state index in [2.05, 4.69) is 0 Å². The summed E-state index contributed by atoms with van der Waals surface area (Å²) in [6, 6.07) is 102. The van der Waals surface area contributed by atoms with E-state index in [0.717, 1.165) is 73.9 Å². The van der Waals surface area contributed by atoms with Crippen LogP contribution in [-0.2, 0) is 77.0 Å². The number of rotatable bonds is 21. The molecule has 4 aliphatic heterocycles. The lowest BCUT2D eigenvalue weighted by Gasteiger charge is -2.37. The van der Waals surface area contributed by atoms with E-state index in [1.54, 1.807) is 153 Å². The first-order valence-corrected chi connectivity index (χ1v) is 39.3. The Morgan fingerprint density at radius 3 is 0.900 bits per heavy atom. The minimum absolute atomic E-state index is 0.105. The van der Waals surface area contributed by atoms with Crippen molar-refractivity contribution in [1.82, 2.24) is 14.7 Å². The highest BCUT2D eigenvalue weighted by Crippen LogP contribution is 2.36. The van der Waals surface area contributed by atoms with Gasteiger partial charge in [0, 0.05) is 13.1 Å². The molecule has 12 aromatic carbocycles. The zero-order valence-electron chi connectivity index (χ0n) is 66.3. The fourth-order valence-corrected chi connectivity index (χ4v) is 14.6. The number of ether oxygens (including phenoxy) is 1. The molecule has 0 N–H and O–H groups in total. The highest BCUT2D eigenvalue weighted by Gasteiger charge is 2.51. The molecule has 0 spiro atoms. The van der Waals surface area contributed by atoms with Crippen LogP contribution in [0.15, 0.2) is 346 Å². The van der Waals surface area contributed by atoms with Gasteiger partial charge in [-0.1, -0.05) is 273 Å². The van der Waals surface area contributed by atoms with Crippen LogP contribution < -0.4 is 29.2 Å². The van der Waals surface area contributed by atoms with Crippen LogP contribution in [0.25, 0.3) is 0 Å². The number of urea groups is 4. The Morgan fingerprint density at radius 2 is 0.533 bits per heavy atom. The smallest absolute Gasteiger partial charge is 0.342 e. The van der Waals surface area contributed by atoms with Gasteiger partial charge in [-0.15, -0.1) is 0 Å². The number of barbiturate groups is 4. The van der Waals surface area contributed by atoms with Gasteiger partial charge in [-0.2, -0.15) is 0 Å². The Hall–Kier alpha value is -15.1. The lowest BCUT2D eigenvalue weighted by atomic mass is 9.93. The van der Waals surface area contributed by atoms with Gasteiger partial charge in [0.2, 0.25) is 41.4 Å². The predicted octanol–water partition coefficient (Wildman–Crippen LogP) is 16.8. The minimum Gasteiger partial charge on any atom is -0.497 e. The van der Waals surface area contributed by atoms with Crippen molar-refractivity contribution in [3.63, 3.8) is 0 Å². The molecule has 3 unspecified atom stereocenters. The quantitative estimate of drug-likeness (QED) is 0.0609. The summed E-state index contributed by atoms with van der Waals surface area (Å²) < 4.78 is 5.18. The molecule has 12 aromatic rings. The van der Waals surface area contributed by atoms with Crippen molar-refractivity contribution in [2.24, 2.45) is 17.8 Å². The van der Waals surface area contributed by atoms with Gasteiger partial charge in [0.15, 0.2) is 0 Å². The highest BCUT2D eigenvalue weighted by atomic mass is 16.5. The molecular weight excluding hydrogens is 1510 g/mol. The Morgan fingerprint density at radius 1 is 0.250 bits per heavy atom. The zero-order chi connectivity index (χ0) is 84.2. The first kappa shape index (κ1) is 82.8. The molecule has 4 aliphatic rings. The number of carbonyl (C=O) groups excluding carboxylic acids is 12. The fourth-order valence-electron chi connectivity index (χ4n) is 14.6. The van der Waals surface area contributed by atoms with Crippen molar-refractivity contribution in [2.75, 3.05) is 44.7 Å². The van der Waals surface area contributed by atoms with Gasteiger partial charge in [-0.25, -0.2) is 43.7 Å². The fraction of sp³-hybridized carbons (Fsp3) is 0.152. The summed E-state index contributed by atoms with van der Waals surface area (Å²) in [7, 11) is 1.58. The molecule has 4 fully saturated rings. The second-order valence-electron chi connectivity index (χ2n) is 29.0. The Balaban J connectivity index is 0.000000138. The third kappa shape index (κ3) is 19.4. The summed E-state index contributed by atoms with van der Waals surface area (Å²) in [5, 5.41) is 0. The molecule has 0 radical (unpaired) electrons. The molecule has 16 rings (SSSR count). The van der Waals surface area contributed by atoms with Crippen LogP contribution in [0.1, 0.15) is 56.0 Å². The molecule has 4 saturated heterocycles. The standard InChI is InChI=1S/C25H22N2O4.2C25H22N2O3.C24H20N2O3/c1-31-21-14-12-18(13-15-21)16-22-23(28)26(17-19-8-4-2-5-9-19)25(30)27(24(22)29)20-10-6-3-7-11-20;1-17-8-6-12-20(14-17)26-23(28)22(16-19-10-4-3-5-11-19)24(29)27(25(26)30)21-13-7-9-18(2)15-21;28-23-22(18-20-12-6-2-7-13-20)24(29)27(21-14-8-3-9-15-21)25(30)26(23)17-16-19-10-4-1-5-11-19;27-22-21(19-12-6-2-7-13-19)23(28)26(20-14-8-3-9-15-20)24(29)25(22)17-16-18-10-4-1-5-11-18/h2-15,22H,16-17H2,1H3;3-15,22H,16H2,1-2H3;1-15,22H,16-18H2;1-15,21H,16-17H2. The van der Waals surface area contributed by atoms with Crippen molar-refractivity contribution >= 4 is 99.8 Å². The van der Waals surface area contributed by atoms with Crippen LogP contribution in [-0.4, -0.2) is 106 Å². The van der Waals surface area contributed by atoms with Crippen LogP contribution in [0.5, 0.6) is 5.75 Å². The Kier molecular flexibility index (Phi) is 26.9. The summed E-state index contributed by atoms with van der Waals surface area (Å²) in [5.74, 6) is -7.14. The predicted molar refractivity (Wildman–Crippen MR) is 458 cm³/mol. The van der Waals surface area contributed by atoms with Crippen molar-refractivity contribution in [2.45, 2.75) is 58.4 Å². The van der Waals surface area contributed by atoms with Gasteiger partial charge < -0.3 is 4.74 Å². The van der Waals surface area contributed by atoms with Crippen molar-refractivity contribution in [1.29, 1.82) is 0 Å². The number of methoxy groups -OCH3 is 1. The number of imide groups is 8. The highest BCUT2D eigenvalue weighted by molar-refractivity contribution is 6.37. The molecule has 0 bridgehead atoms. The van der Waals surface area contributed by atoms with Crippen LogP contribution in [0.4, 0.5) is 47.6 Å². The van der Waals surface area contributed by atoms with Gasteiger partial charge in [0.05, 0.1) is 42.1 Å². The molecule has 21 nitrogen and oxygen atoms in total. The van der Waals surface area contributed by atoms with Gasteiger partial charge in [-0.3, -0.25) is 53.1 Å². The molecule has 600 valence electrons. The van der Waals surface area contributed by atoms with Crippen molar-refractivity contribution in [3.8, 4) is 5.75 Å². The van der Waals surface area contributed by atoms with E-state index >= 15 is 0 Å². The molecule has 120 heavy (non-hydrogen) atoms. The third-order valence-electron chi connectivity index (χ3n) is 20.8. The molecule has 3 atom stereocenters. The lowest BCUT2D eigenvalue weighted by Crippen LogP contribution is -2.61. The third-order valence-corrected chi connectivity index (χ3v) is 20.8. The van der Waals surface area contributed by atoms with E-state index in [0.29, 0.717) is 52.6 Å². The van der Waals surface area contributed by atoms with E-state index in [4.69, 9.17) is 4.74 Å². The summed E-state index contributed by atoms with van der Waals surface area (Å²) in [4.78, 5) is 168. The van der Waals surface area contributed by atoms with Crippen LogP contribution in [0.3, 0.4) is 0 Å². The number of amides is 16. The molecule has 21 heteroatoms. The maximum Gasteiger partial charge on any atom is 0.342 e. The molecule has 4 heterocycles. The van der Waals surface area contributed by atoms with Gasteiger partial charge in [-0.05, 0) is 169 Å². The average molecular weight is 1600 g/mol. The van der Waals surface area contributed by atoms with Crippen LogP contribution >= 0.6 is 0 Å². The van der Waals surface area contributed by atoms with Gasteiger partial charge >= 0.3 is 24.1 Å². The molecule has 0 saturated carbocycles. The zero-order valence-corrected chi connectivity index (χ0v) is 66.3. The second kappa shape index (κ2) is 39.0. The number of carbonyl (C=O) groups is 12. The summed E-state index contributed by atoms with van der Waals surface area (Å²) in [5.41, 5.74) is 10.2. The minimum atomic E-state index is -1.04. The maximum absolute atomic E-state index is 13.4. The summed E-state index contributed by atoms with van der Waals surface area (Å²) in [6.07, 6.45) is 1.75. The SMILES string of the molecule is COc1ccc(CC2C(=O)N(Cc3ccccc3)C(=O)N(c3ccccc3)C2=O)cc1.Cc1cccc(N2C(=O)C(Cc3ccccc3)C(=O)N(c3cccc(C)c3)C2=O)c1.O=C1C(Cc2ccccc2)C(=O)N(c2ccccc2)C(=O)N1CCc1ccccc1.O=C1C(c2ccccc2)C(=O)N(c2ccccc2)C(=O)N1CCc1ccccc1. The Labute approximate surface area is 695 Å². The molecule has 0 aliphatic carbocycles. The monoisotopic (exact) mass is 1590 g/mol. The summed E-state index contributed by atoms with van der Waals surface area (Å²) in [6.45, 7) is 4.33. The van der Waals surface area contributed by atoms with Gasteiger partial charge in [0.25, 0.3) is 5.91 Å². The number of aryl methyl sites for hydroxylation is 2. The molecular formula is C99H86N8O13. The first-order chi connectivity index (χ1) is 58.3. The normalized spacial score (nSPS) is 16.3. The van der Waals surface area contributed by atoms with E-state index in [-0.39, 0.29) is 38.9 Å². The van der Waals surface area contributed by atoms with Crippen molar-refractivity contribution < 1.29 is 62.3 Å². The Bertz CT molecular complexity index is 5540. The topological polar surface area (TPSA) is 240 Å². The van der Waals surface area contributed by atoms with E-state index in [1.165, 1.54) is 9.80 Å². The van der Waals surface area contributed by atoms with E-state index in [1.807, 2.05) is 214 Å². The van der Waals surface area contributed by atoms with Gasteiger partial charge in [0.1, 0.15) is 29.4 Å². The maximum atomic E-state index is 13.4. The number of para-hydroxylation sites is 3. The number of hydrogen-bond donors (Lipinski definition) is 0. The first-order valence-electron chi connectivity index (χ1n) is 39.3. The number of hydrogen-bond acceptors (Lipinski definition) is 13. The second-order valence-corrected chi connectivity index (χ2v) is 29.0. The largest absolute Gasteiger partial charge is 0.497 e. The van der Waals surface area contributed by atoms with E-state index < -0.39 is 95.1 Å². The number of anilines is 5. The number of nitrogens with zero attached hydrogens (tertiary/aromatic N) is 8. The lowest BCUT2D eigenvalue weighted by molar-refractivity contribution is -0.142.